The van der Waals surface area contributed by atoms with Crippen molar-refractivity contribution in [1.82, 2.24) is 10.6 Å². The molecule has 1 aliphatic heterocycles. The van der Waals surface area contributed by atoms with Crippen molar-refractivity contribution in [3.63, 3.8) is 0 Å². The van der Waals surface area contributed by atoms with Crippen LogP contribution in [0.25, 0.3) is 0 Å². The Morgan fingerprint density at radius 3 is 2.88 bits per heavy atom. The molecule has 0 bridgehead atoms. The molecule has 0 radical (unpaired) electrons. The molecule has 1 atom stereocenters. The summed E-state index contributed by atoms with van der Waals surface area (Å²) in [6, 6.07) is 5.56. The van der Waals surface area contributed by atoms with Crippen LogP contribution in [0.1, 0.15) is 17.2 Å². The normalized spacial score (nSPS) is 20.4. The molecule has 1 fully saturated rings. The third kappa shape index (κ3) is 2.02. The molecule has 1 unspecified atom stereocenters. The maximum Gasteiger partial charge on any atom is 0.241 e. The van der Waals surface area contributed by atoms with Crippen molar-refractivity contribution in [1.29, 1.82) is 0 Å². The van der Waals surface area contributed by atoms with E-state index < -0.39 is 0 Å². The smallest absolute Gasteiger partial charge is 0.241 e. The number of hydrogen-bond acceptors (Lipinski definition) is 3. The molecule has 1 aromatic carbocycles. The summed E-state index contributed by atoms with van der Waals surface area (Å²) in [6.07, 6.45) is 0. The molecule has 0 spiro atoms. The van der Waals surface area contributed by atoms with E-state index in [1.54, 1.807) is 7.11 Å². The summed E-state index contributed by atoms with van der Waals surface area (Å²) in [5, 5.41) is 6.04. The van der Waals surface area contributed by atoms with Gasteiger partial charge in [0.1, 0.15) is 11.8 Å². The van der Waals surface area contributed by atoms with E-state index in [1.807, 2.05) is 25.1 Å². The van der Waals surface area contributed by atoms with Crippen molar-refractivity contribution >= 4 is 5.91 Å². The maximum atomic E-state index is 11.7. The molecule has 0 saturated carbocycles. The second-order valence-corrected chi connectivity index (χ2v) is 3.92. The molecular formula is C12H16N2O2. The lowest BCUT2D eigenvalue weighted by Gasteiger charge is -2.25. The predicted octanol–water partition coefficient (Wildman–Crippen LogP) is 0.764. The van der Waals surface area contributed by atoms with Gasteiger partial charge >= 0.3 is 0 Å². The number of rotatable bonds is 2. The second-order valence-electron chi connectivity index (χ2n) is 3.92. The number of nitrogens with one attached hydrogen (secondary N) is 2. The Morgan fingerprint density at radius 2 is 2.19 bits per heavy atom. The van der Waals surface area contributed by atoms with Gasteiger partial charge in [0.25, 0.3) is 0 Å². The van der Waals surface area contributed by atoms with Gasteiger partial charge in [-0.2, -0.15) is 0 Å². The maximum absolute atomic E-state index is 11.7. The largest absolute Gasteiger partial charge is 0.496 e. The van der Waals surface area contributed by atoms with Gasteiger partial charge in [0.05, 0.1) is 7.11 Å². The van der Waals surface area contributed by atoms with E-state index in [2.05, 4.69) is 10.6 Å². The third-order valence-electron chi connectivity index (χ3n) is 2.73. The molecule has 86 valence electrons. The van der Waals surface area contributed by atoms with Gasteiger partial charge in [-0.1, -0.05) is 17.7 Å². The first kappa shape index (κ1) is 11.0. The summed E-state index contributed by atoms with van der Waals surface area (Å²) < 4.78 is 5.28. The van der Waals surface area contributed by atoms with Gasteiger partial charge in [-0.05, 0) is 13.0 Å². The topological polar surface area (TPSA) is 50.4 Å². The average Bonchev–Trinajstić information content (AvgIpc) is 2.29. The Morgan fingerprint density at radius 1 is 1.38 bits per heavy atom. The molecule has 1 aromatic rings. The first-order valence-electron chi connectivity index (χ1n) is 5.38. The highest BCUT2D eigenvalue weighted by molar-refractivity contribution is 5.84. The van der Waals surface area contributed by atoms with Crippen molar-refractivity contribution in [3.05, 3.63) is 29.3 Å². The average molecular weight is 220 g/mol. The molecular weight excluding hydrogens is 204 g/mol. The number of piperazine rings is 1. The summed E-state index contributed by atoms with van der Waals surface area (Å²) >= 11 is 0. The zero-order valence-electron chi connectivity index (χ0n) is 9.54. The molecule has 2 rings (SSSR count). The van der Waals surface area contributed by atoms with Crippen molar-refractivity contribution in [2.24, 2.45) is 0 Å². The number of benzene rings is 1. The van der Waals surface area contributed by atoms with Crippen LogP contribution in [0.3, 0.4) is 0 Å². The molecule has 1 heterocycles. The van der Waals surface area contributed by atoms with Crippen LogP contribution in [0.5, 0.6) is 5.75 Å². The van der Waals surface area contributed by atoms with Crippen molar-refractivity contribution < 1.29 is 9.53 Å². The van der Waals surface area contributed by atoms with Gasteiger partial charge in [0.15, 0.2) is 0 Å². The van der Waals surface area contributed by atoms with Crippen LogP contribution in [0.15, 0.2) is 18.2 Å². The number of hydrogen-bond donors (Lipinski definition) is 2. The Labute approximate surface area is 95.0 Å². The minimum atomic E-state index is -0.302. The number of aryl methyl sites for hydroxylation is 1. The van der Waals surface area contributed by atoms with Crippen molar-refractivity contribution in [2.75, 3.05) is 20.2 Å². The van der Waals surface area contributed by atoms with Gasteiger partial charge in [-0.25, -0.2) is 0 Å². The molecule has 2 N–H and O–H groups in total. The molecule has 1 aliphatic rings. The van der Waals surface area contributed by atoms with Crippen molar-refractivity contribution in [3.8, 4) is 5.75 Å². The summed E-state index contributed by atoms with van der Waals surface area (Å²) in [5.41, 5.74) is 2.02. The number of amides is 1. The second kappa shape index (κ2) is 4.53. The fourth-order valence-electron chi connectivity index (χ4n) is 1.93. The fraction of sp³-hybridized carbons (Fsp3) is 0.417. The lowest BCUT2D eigenvalue weighted by atomic mass is 10.0. The van der Waals surface area contributed by atoms with Crippen LogP contribution in [0, 0.1) is 6.92 Å². The van der Waals surface area contributed by atoms with E-state index in [1.165, 1.54) is 0 Å². The molecule has 0 aliphatic carbocycles. The molecule has 16 heavy (non-hydrogen) atoms. The highest BCUT2D eigenvalue weighted by Gasteiger charge is 2.25. The molecule has 1 saturated heterocycles. The Bertz CT molecular complexity index is 404. The minimum absolute atomic E-state index is 0.00940. The standard InChI is InChI=1S/C12H16N2O2/c1-8-3-4-10(16-2)9(7-8)11-12(15)14-6-5-13-11/h3-4,7,11,13H,5-6H2,1-2H3,(H,14,15). The van der Waals surface area contributed by atoms with E-state index in [0.29, 0.717) is 6.54 Å². The lowest BCUT2D eigenvalue weighted by molar-refractivity contribution is -0.124. The van der Waals surface area contributed by atoms with Gasteiger partial charge in [0, 0.05) is 18.7 Å². The lowest BCUT2D eigenvalue weighted by Crippen LogP contribution is -2.47. The van der Waals surface area contributed by atoms with E-state index in [9.17, 15) is 4.79 Å². The summed E-state index contributed by atoms with van der Waals surface area (Å²) in [7, 11) is 1.62. The van der Waals surface area contributed by atoms with Crippen LogP contribution in [-0.2, 0) is 4.79 Å². The first-order chi connectivity index (χ1) is 7.72. The molecule has 0 aromatic heterocycles. The molecule has 4 nitrogen and oxygen atoms in total. The zero-order valence-corrected chi connectivity index (χ0v) is 9.54. The third-order valence-corrected chi connectivity index (χ3v) is 2.73. The highest BCUT2D eigenvalue weighted by atomic mass is 16.5. The van der Waals surface area contributed by atoms with Gasteiger partial charge in [-0.3, -0.25) is 4.79 Å². The Hall–Kier alpha value is -1.55. The monoisotopic (exact) mass is 220 g/mol. The fourth-order valence-corrected chi connectivity index (χ4v) is 1.93. The van der Waals surface area contributed by atoms with Gasteiger partial charge in [-0.15, -0.1) is 0 Å². The minimum Gasteiger partial charge on any atom is -0.496 e. The van der Waals surface area contributed by atoms with Gasteiger partial charge < -0.3 is 15.4 Å². The number of ether oxygens (including phenoxy) is 1. The van der Waals surface area contributed by atoms with Crippen molar-refractivity contribution in [2.45, 2.75) is 13.0 Å². The van der Waals surface area contributed by atoms with Crippen LogP contribution in [-0.4, -0.2) is 26.1 Å². The van der Waals surface area contributed by atoms with E-state index >= 15 is 0 Å². The Balaban J connectivity index is 2.36. The molecule has 4 heteroatoms. The number of carbonyl (C=O) groups is 1. The number of carbonyl (C=O) groups excluding carboxylic acids is 1. The SMILES string of the molecule is COc1ccc(C)cc1C1NCCNC1=O. The predicted molar refractivity (Wildman–Crippen MR) is 61.5 cm³/mol. The highest BCUT2D eigenvalue weighted by Crippen LogP contribution is 2.27. The zero-order chi connectivity index (χ0) is 11.5. The van der Waals surface area contributed by atoms with Crippen LogP contribution >= 0.6 is 0 Å². The van der Waals surface area contributed by atoms with Crippen LogP contribution < -0.4 is 15.4 Å². The van der Waals surface area contributed by atoms with E-state index in [-0.39, 0.29) is 11.9 Å². The summed E-state index contributed by atoms with van der Waals surface area (Å²) in [5.74, 6) is 0.760. The summed E-state index contributed by atoms with van der Waals surface area (Å²) in [6.45, 7) is 3.47. The summed E-state index contributed by atoms with van der Waals surface area (Å²) in [4.78, 5) is 11.7. The quantitative estimate of drug-likeness (QED) is 0.773. The Kier molecular flexibility index (Phi) is 3.10. The molecule has 1 amide bonds. The first-order valence-corrected chi connectivity index (χ1v) is 5.38. The van der Waals surface area contributed by atoms with Crippen LogP contribution in [0.2, 0.25) is 0 Å². The van der Waals surface area contributed by atoms with E-state index in [4.69, 9.17) is 4.74 Å². The van der Waals surface area contributed by atoms with Gasteiger partial charge in [0.2, 0.25) is 5.91 Å². The number of methoxy groups -OCH3 is 1. The van der Waals surface area contributed by atoms with Crippen LogP contribution in [0.4, 0.5) is 0 Å². The van der Waals surface area contributed by atoms with E-state index in [0.717, 1.165) is 23.4 Å².